The van der Waals surface area contributed by atoms with Gasteiger partial charge in [-0.05, 0) is 17.9 Å². The van der Waals surface area contributed by atoms with Crippen LogP contribution in [0.1, 0.15) is 37.7 Å². The number of hydrogen-bond acceptors (Lipinski definition) is 1. The van der Waals surface area contributed by atoms with Crippen molar-refractivity contribution in [2.24, 2.45) is 5.92 Å². The number of hydrogen-bond donors (Lipinski definition) is 0. The van der Waals surface area contributed by atoms with E-state index < -0.39 is 0 Å². The fourth-order valence-electron chi connectivity index (χ4n) is 2.31. The van der Waals surface area contributed by atoms with E-state index in [0.717, 1.165) is 19.1 Å². The van der Waals surface area contributed by atoms with Gasteiger partial charge in [0.1, 0.15) is 0 Å². The Bertz CT molecular complexity index is 262. The highest BCUT2D eigenvalue weighted by Crippen LogP contribution is 2.27. The summed E-state index contributed by atoms with van der Waals surface area (Å²) in [6.45, 7) is 1.70. The van der Waals surface area contributed by atoms with Crippen LogP contribution < -0.4 is 0 Å². The smallest absolute Gasteiger partial charge is 0.0716 e. The molecule has 1 aromatic carbocycles. The number of benzene rings is 1. The Morgan fingerprint density at radius 3 is 2.53 bits per heavy atom. The molecule has 0 unspecified atom stereocenters. The molecular weight excluding hydrogens is 184 g/mol. The predicted octanol–water partition coefficient (Wildman–Crippen LogP) is 3.78. The van der Waals surface area contributed by atoms with E-state index >= 15 is 0 Å². The monoisotopic (exact) mass is 204 g/mol. The van der Waals surface area contributed by atoms with Gasteiger partial charge in [-0.15, -0.1) is 0 Å². The van der Waals surface area contributed by atoms with E-state index in [9.17, 15) is 0 Å². The van der Waals surface area contributed by atoms with Crippen LogP contribution in [0.5, 0.6) is 0 Å². The Kier molecular flexibility index (Phi) is 4.22. The topological polar surface area (TPSA) is 9.23 Å². The van der Waals surface area contributed by atoms with Gasteiger partial charge in [-0.1, -0.05) is 56.0 Å². The lowest BCUT2D eigenvalue weighted by Crippen LogP contribution is -2.01. The van der Waals surface area contributed by atoms with Crippen molar-refractivity contribution in [2.45, 2.75) is 38.7 Å². The second-order valence-corrected chi connectivity index (χ2v) is 4.48. The summed E-state index contributed by atoms with van der Waals surface area (Å²) in [7, 11) is 0. The SMILES string of the molecule is c1ccc(COCCC2CCCC2)cc1. The molecule has 1 aliphatic rings. The lowest BCUT2D eigenvalue weighted by Gasteiger charge is -2.09. The molecule has 1 aromatic rings. The molecule has 0 N–H and O–H groups in total. The molecule has 1 aliphatic carbocycles. The van der Waals surface area contributed by atoms with Gasteiger partial charge in [-0.2, -0.15) is 0 Å². The first-order chi connectivity index (χ1) is 7.45. The van der Waals surface area contributed by atoms with Gasteiger partial charge in [0.2, 0.25) is 0 Å². The zero-order chi connectivity index (χ0) is 10.3. The summed E-state index contributed by atoms with van der Waals surface area (Å²) in [5, 5.41) is 0. The van der Waals surface area contributed by atoms with Crippen LogP contribution in [0.3, 0.4) is 0 Å². The van der Waals surface area contributed by atoms with Crippen LogP contribution in [0.25, 0.3) is 0 Å². The van der Waals surface area contributed by atoms with E-state index in [1.54, 1.807) is 0 Å². The van der Waals surface area contributed by atoms with Crippen molar-refractivity contribution in [3.63, 3.8) is 0 Å². The molecule has 1 saturated carbocycles. The number of ether oxygens (including phenoxy) is 1. The normalized spacial score (nSPS) is 17.1. The molecule has 2 rings (SSSR count). The van der Waals surface area contributed by atoms with Crippen molar-refractivity contribution in [1.29, 1.82) is 0 Å². The molecule has 15 heavy (non-hydrogen) atoms. The highest BCUT2D eigenvalue weighted by atomic mass is 16.5. The van der Waals surface area contributed by atoms with E-state index in [0.29, 0.717) is 0 Å². The van der Waals surface area contributed by atoms with Gasteiger partial charge < -0.3 is 4.74 Å². The van der Waals surface area contributed by atoms with Crippen LogP contribution in [0.4, 0.5) is 0 Å². The summed E-state index contributed by atoms with van der Waals surface area (Å²) < 4.78 is 5.68. The Morgan fingerprint density at radius 2 is 1.80 bits per heavy atom. The van der Waals surface area contributed by atoms with Crippen molar-refractivity contribution in [3.8, 4) is 0 Å². The minimum absolute atomic E-state index is 0.771. The molecule has 0 saturated heterocycles. The van der Waals surface area contributed by atoms with Crippen LogP contribution in [-0.2, 0) is 11.3 Å². The van der Waals surface area contributed by atoms with E-state index in [1.807, 2.05) is 6.07 Å². The lowest BCUT2D eigenvalue weighted by atomic mass is 10.1. The molecule has 0 bridgehead atoms. The van der Waals surface area contributed by atoms with E-state index in [2.05, 4.69) is 24.3 Å². The Labute approximate surface area is 92.5 Å². The maximum Gasteiger partial charge on any atom is 0.0716 e. The quantitative estimate of drug-likeness (QED) is 0.663. The maximum atomic E-state index is 5.68. The summed E-state index contributed by atoms with van der Waals surface area (Å²) in [4.78, 5) is 0. The molecule has 0 spiro atoms. The number of rotatable bonds is 5. The molecule has 0 aliphatic heterocycles. The molecule has 82 valence electrons. The van der Waals surface area contributed by atoms with Gasteiger partial charge in [0, 0.05) is 6.61 Å². The van der Waals surface area contributed by atoms with Gasteiger partial charge in [0.25, 0.3) is 0 Å². The van der Waals surface area contributed by atoms with Crippen molar-refractivity contribution >= 4 is 0 Å². The van der Waals surface area contributed by atoms with Crippen LogP contribution in [-0.4, -0.2) is 6.61 Å². The van der Waals surface area contributed by atoms with Crippen LogP contribution in [0.2, 0.25) is 0 Å². The van der Waals surface area contributed by atoms with E-state index in [4.69, 9.17) is 4.74 Å². The first-order valence-electron chi connectivity index (χ1n) is 6.07. The summed E-state index contributed by atoms with van der Waals surface area (Å²) in [6, 6.07) is 10.4. The van der Waals surface area contributed by atoms with Crippen LogP contribution in [0, 0.1) is 5.92 Å². The fourth-order valence-corrected chi connectivity index (χ4v) is 2.31. The summed E-state index contributed by atoms with van der Waals surface area (Å²) in [6.07, 6.45) is 6.98. The predicted molar refractivity (Wildman–Crippen MR) is 62.7 cm³/mol. The minimum atomic E-state index is 0.771. The Morgan fingerprint density at radius 1 is 1.07 bits per heavy atom. The Balaban J connectivity index is 1.59. The van der Waals surface area contributed by atoms with E-state index in [1.165, 1.54) is 37.7 Å². The highest BCUT2D eigenvalue weighted by Gasteiger charge is 2.13. The molecule has 1 nitrogen and oxygen atoms in total. The zero-order valence-electron chi connectivity index (χ0n) is 9.32. The lowest BCUT2D eigenvalue weighted by molar-refractivity contribution is 0.108. The van der Waals surface area contributed by atoms with Gasteiger partial charge in [0.05, 0.1) is 6.61 Å². The molecule has 1 fully saturated rings. The fraction of sp³-hybridized carbons (Fsp3) is 0.571. The molecule has 0 radical (unpaired) electrons. The second-order valence-electron chi connectivity index (χ2n) is 4.48. The third-order valence-corrected chi connectivity index (χ3v) is 3.26. The molecule has 0 aromatic heterocycles. The van der Waals surface area contributed by atoms with Crippen molar-refractivity contribution in [3.05, 3.63) is 35.9 Å². The third kappa shape index (κ3) is 3.67. The Hall–Kier alpha value is -0.820. The maximum absolute atomic E-state index is 5.68. The second kappa shape index (κ2) is 5.92. The van der Waals surface area contributed by atoms with Crippen LogP contribution in [0.15, 0.2) is 30.3 Å². The largest absolute Gasteiger partial charge is 0.377 e. The van der Waals surface area contributed by atoms with E-state index in [-0.39, 0.29) is 0 Å². The summed E-state index contributed by atoms with van der Waals surface area (Å²) in [5.41, 5.74) is 1.28. The molecular formula is C14H20O. The van der Waals surface area contributed by atoms with Gasteiger partial charge >= 0.3 is 0 Å². The molecule has 0 heterocycles. The van der Waals surface area contributed by atoms with Gasteiger partial charge in [-0.25, -0.2) is 0 Å². The van der Waals surface area contributed by atoms with Gasteiger partial charge in [-0.3, -0.25) is 0 Å². The molecule has 1 heteroatoms. The van der Waals surface area contributed by atoms with Crippen molar-refractivity contribution in [2.75, 3.05) is 6.61 Å². The minimum Gasteiger partial charge on any atom is -0.377 e. The molecule has 0 amide bonds. The van der Waals surface area contributed by atoms with Crippen molar-refractivity contribution < 1.29 is 4.74 Å². The van der Waals surface area contributed by atoms with Crippen molar-refractivity contribution in [1.82, 2.24) is 0 Å². The highest BCUT2D eigenvalue weighted by molar-refractivity contribution is 5.13. The average molecular weight is 204 g/mol. The summed E-state index contributed by atoms with van der Waals surface area (Å²) in [5.74, 6) is 0.945. The summed E-state index contributed by atoms with van der Waals surface area (Å²) >= 11 is 0. The third-order valence-electron chi connectivity index (χ3n) is 3.26. The first-order valence-corrected chi connectivity index (χ1v) is 6.07. The molecule has 0 atom stereocenters. The average Bonchev–Trinajstić information content (AvgIpc) is 2.79. The zero-order valence-corrected chi connectivity index (χ0v) is 9.32. The van der Waals surface area contributed by atoms with Gasteiger partial charge in [0.15, 0.2) is 0 Å². The van der Waals surface area contributed by atoms with Crippen LogP contribution >= 0.6 is 0 Å². The standard InChI is InChI=1S/C14H20O/c1-2-8-14(9-3-1)12-15-11-10-13-6-4-5-7-13/h1-3,8-9,13H,4-7,10-12H2. The first kappa shape index (κ1) is 10.7.